The molecule has 0 aliphatic rings. The molecule has 106 valence electrons. The smallest absolute Gasteiger partial charge is 0.264 e. The maximum atomic E-state index is 13.1. The lowest BCUT2D eigenvalue weighted by molar-refractivity contribution is 0.243. The third-order valence-electron chi connectivity index (χ3n) is 2.77. The van der Waals surface area contributed by atoms with E-state index in [4.69, 9.17) is 15.0 Å². The lowest BCUT2D eigenvalue weighted by Crippen LogP contribution is -1.96. The number of halogens is 1. The average molecular weight is 285 g/mol. The second kappa shape index (κ2) is 5.62. The van der Waals surface area contributed by atoms with Crippen LogP contribution >= 0.6 is 0 Å². The second-order valence-electron chi connectivity index (χ2n) is 4.38. The summed E-state index contributed by atoms with van der Waals surface area (Å²) in [4.78, 5) is 4.16. The minimum atomic E-state index is -0.352. The van der Waals surface area contributed by atoms with E-state index in [1.54, 1.807) is 36.4 Å². The number of nitrogen functional groups attached to an aromatic ring is 1. The van der Waals surface area contributed by atoms with Crippen LogP contribution in [0.4, 0.5) is 10.1 Å². The van der Waals surface area contributed by atoms with Crippen LogP contribution < -0.4 is 10.5 Å². The highest BCUT2D eigenvalue weighted by Gasteiger charge is 2.09. The zero-order valence-electron chi connectivity index (χ0n) is 11.0. The summed E-state index contributed by atoms with van der Waals surface area (Å²) in [6.07, 6.45) is 0. The van der Waals surface area contributed by atoms with Crippen molar-refractivity contribution in [2.24, 2.45) is 0 Å². The lowest BCUT2D eigenvalue weighted by atomic mass is 10.2. The molecule has 0 spiro atoms. The van der Waals surface area contributed by atoms with Crippen molar-refractivity contribution in [2.45, 2.75) is 6.61 Å². The van der Waals surface area contributed by atoms with Crippen molar-refractivity contribution in [3.8, 4) is 17.1 Å². The summed E-state index contributed by atoms with van der Waals surface area (Å²) in [6, 6.07) is 13.0. The fourth-order valence-corrected chi connectivity index (χ4v) is 1.81. The van der Waals surface area contributed by atoms with Gasteiger partial charge in [0.25, 0.3) is 5.89 Å². The van der Waals surface area contributed by atoms with Crippen LogP contribution in [0.2, 0.25) is 0 Å². The molecule has 0 radical (unpaired) electrons. The SMILES string of the molecule is Nc1cccc(OCc2nc(-c3cccc(F)c3)no2)c1. The number of hydrogen-bond acceptors (Lipinski definition) is 5. The lowest BCUT2D eigenvalue weighted by Gasteiger charge is -2.03. The monoisotopic (exact) mass is 285 g/mol. The maximum absolute atomic E-state index is 13.1. The quantitative estimate of drug-likeness (QED) is 0.746. The minimum absolute atomic E-state index is 0.117. The average Bonchev–Trinajstić information content (AvgIpc) is 2.94. The number of aromatic nitrogens is 2. The Kier molecular flexibility index (Phi) is 3.51. The van der Waals surface area contributed by atoms with Crippen molar-refractivity contribution in [3.63, 3.8) is 0 Å². The van der Waals surface area contributed by atoms with Crippen LogP contribution in [0.5, 0.6) is 5.75 Å². The van der Waals surface area contributed by atoms with Gasteiger partial charge in [0.05, 0.1) is 0 Å². The Morgan fingerprint density at radius 2 is 2.00 bits per heavy atom. The molecule has 1 aromatic heterocycles. The van der Waals surface area contributed by atoms with Crippen molar-refractivity contribution in [1.29, 1.82) is 0 Å². The van der Waals surface area contributed by atoms with Crippen LogP contribution in [0.3, 0.4) is 0 Å². The number of hydrogen-bond donors (Lipinski definition) is 1. The number of nitrogens with zero attached hydrogens (tertiary/aromatic N) is 2. The number of benzene rings is 2. The third-order valence-corrected chi connectivity index (χ3v) is 2.77. The molecule has 0 unspecified atom stereocenters. The standard InChI is InChI=1S/C15H12FN3O2/c16-11-4-1-3-10(7-11)15-18-14(21-19-15)9-20-13-6-2-5-12(17)8-13/h1-8H,9,17H2. The fourth-order valence-electron chi connectivity index (χ4n) is 1.81. The summed E-state index contributed by atoms with van der Waals surface area (Å²) in [5.74, 6) is 0.882. The molecule has 3 aromatic rings. The fraction of sp³-hybridized carbons (Fsp3) is 0.0667. The van der Waals surface area contributed by atoms with Crippen molar-refractivity contribution in [2.75, 3.05) is 5.73 Å². The highest BCUT2D eigenvalue weighted by molar-refractivity contribution is 5.53. The molecule has 0 amide bonds. The van der Waals surface area contributed by atoms with Gasteiger partial charge in [0.15, 0.2) is 6.61 Å². The first-order chi connectivity index (χ1) is 10.2. The van der Waals surface area contributed by atoms with E-state index in [1.165, 1.54) is 12.1 Å². The summed E-state index contributed by atoms with van der Waals surface area (Å²) in [5, 5.41) is 3.80. The van der Waals surface area contributed by atoms with E-state index in [-0.39, 0.29) is 12.4 Å². The van der Waals surface area contributed by atoms with E-state index in [0.717, 1.165) is 0 Å². The van der Waals surface area contributed by atoms with Gasteiger partial charge in [-0.2, -0.15) is 4.98 Å². The molecular weight excluding hydrogens is 273 g/mol. The Balaban J connectivity index is 1.71. The van der Waals surface area contributed by atoms with Gasteiger partial charge < -0.3 is 15.0 Å². The molecule has 3 rings (SSSR count). The molecule has 2 N–H and O–H groups in total. The Labute approximate surface area is 120 Å². The first kappa shape index (κ1) is 13.1. The summed E-state index contributed by atoms with van der Waals surface area (Å²) in [7, 11) is 0. The van der Waals surface area contributed by atoms with Gasteiger partial charge in [-0.3, -0.25) is 0 Å². The summed E-state index contributed by atoms with van der Waals surface area (Å²) in [5.41, 5.74) is 6.81. The third kappa shape index (κ3) is 3.17. The van der Waals surface area contributed by atoms with E-state index in [2.05, 4.69) is 10.1 Å². The van der Waals surface area contributed by atoms with Gasteiger partial charge in [-0.1, -0.05) is 23.4 Å². The summed E-state index contributed by atoms with van der Waals surface area (Å²) >= 11 is 0. The van der Waals surface area contributed by atoms with Gasteiger partial charge in [0.2, 0.25) is 5.82 Å². The number of ether oxygens (including phenoxy) is 1. The molecule has 0 saturated carbocycles. The van der Waals surface area contributed by atoms with Crippen molar-refractivity contribution in [1.82, 2.24) is 10.1 Å². The Morgan fingerprint density at radius 3 is 2.81 bits per heavy atom. The Bertz CT molecular complexity index is 758. The Hall–Kier alpha value is -2.89. The van der Waals surface area contributed by atoms with Gasteiger partial charge in [0, 0.05) is 17.3 Å². The van der Waals surface area contributed by atoms with Crippen molar-refractivity contribution in [3.05, 3.63) is 60.2 Å². The summed E-state index contributed by atoms with van der Waals surface area (Å²) < 4.78 is 23.7. The van der Waals surface area contributed by atoms with E-state index in [0.29, 0.717) is 28.7 Å². The highest BCUT2D eigenvalue weighted by Crippen LogP contribution is 2.19. The molecule has 6 heteroatoms. The van der Waals surface area contributed by atoms with E-state index in [1.807, 2.05) is 0 Å². The summed E-state index contributed by atoms with van der Waals surface area (Å²) in [6.45, 7) is 0.117. The van der Waals surface area contributed by atoms with Crippen LogP contribution in [-0.2, 0) is 6.61 Å². The molecule has 1 heterocycles. The maximum Gasteiger partial charge on any atom is 0.264 e. The number of rotatable bonds is 4. The largest absolute Gasteiger partial charge is 0.484 e. The highest BCUT2D eigenvalue weighted by atomic mass is 19.1. The van der Waals surface area contributed by atoms with Crippen molar-refractivity contribution >= 4 is 5.69 Å². The molecule has 5 nitrogen and oxygen atoms in total. The molecule has 0 bridgehead atoms. The van der Waals surface area contributed by atoms with Gasteiger partial charge >= 0.3 is 0 Å². The van der Waals surface area contributed by atoms with Crippen LogP contribution in [0.25, 0.3) is 11.4 Å². The number of nitrogens with two attached hydrogens (primary N) is 1. The van der Waals surface area contributed by atoms with Crippen LogP contribution in [0.1, 0.15) is 5.89 Å². The molecule has 0 fully saturated rings. The zero-order chi connectivity index (χ0) is 14.7. The van der Waals surface area contributed by atoms with Gasteiger partial charge in [-0.15, -0.1) is 0 Å². The topological polar surface area (TPSA) is 74.2 Å². The zero-order valence-corrected chi connectivity index (χ0v) is 11.0. The van der Waals surface area contributed by atoms with Crippen LogP contribution in [0.15, 0.2) is 53.1 Å². The predicted octanol–water partition coefficient (Wildman–Crippen LogP) is 3.04. The van der Waals surface area contributed by atoms with Gasteiger partial charge in [-0.25, -0.2) is 4.39 Å². The first-order valence-corrected chi connectivity index (χ1v) is 6.27. The van der Waals surface area contributed by atoms with Crippen molar-refractivity contribution < 1.29 is 13.7 Å². The second-order valence-corrected chi connectivity index (χ2v) is 4.38. The molecule has 0 atom stereocenters. The predicted molar refractivity (Wildman–Crippen MR) is 74.9 cm³/mol. The molecule has 0 aliphatic carbocycles. The molecule has 2 aromatic carbocycles. The Morgan fingerprint density at radius 1 is 1.14 bits per heavy atom. The van der Waals surface area contributed by atoms with Gasteiger partial charge in [0.1, 0.15) is 11.6 Å². The van der Waals surface area contributed by atoms with E-state index < -0.39 is 0 Å². The van der Waals surface area contributed by atoms with E-state index in [9.17, 15) is 4.39 Å². The number of anilines is 1. The molecule has 21 heavy (non-hydrogen) atoms. The van der Waals surface area contributed by atoms with E-state index >= 15 is 0 Å². The van der Waals surface area contributed by atoms with Crippen LogP contribution in [0, 0.1) is 5.82 Å². The minimum Gasteiger partial charge on any atom is -0.484 e. The normalized spacial score (nSPS) is 10.5. The molecule has 0 aliphatic heterocycles. The first-order valence-electron chi connectivity index (χ1n) is 6.27. The van der Waals surface area contributed by atoms with Gasteiger partial charge in [-0.05, 0) is 24.3 Å². The van der Waals surface area contributed by atoms with Crippen LogP contribution in [-0.4, -0.2) is 10.1 Å². The molecule has 0 saturated heterocycles. The molecular formula is C15H12FN3O2.